The third kappa shape index (κ3) is 0.776. The van der Waals surface area contributed by atoms with Gasteiger partial charge < -0.3 is 5.73 Å². The second kappa shape index (κ2) is 1.81. The van der Waals surface area contributed by atoms with E-state index in [1.165, 1.54) is 5.01 Å². The van der Waals surface area contributed by atoms with Crippen molar-refractivity contribution >= 4 is 12.2 Å². The van der Waals surface area contributed by atoms with Crippen LogP contribution in [0.25, 0.3) is 0 Å². The molecule has 0 radical (unpaired) electrons. The lowest BCUT2D eigenvalue weighted by Gasteiger charge is -2.13. The zero-order chi connectivity index (χ0) is 5.98. The molecular weight excluding hydrogens is 104 g/mol. The second-order valence-corrected chi connectivity index (χ2v) is 1.52. The Hall–Kier alpha value is -1.06. The van der Waals surface area contributed by atoms with Crippen LogP contribution in [0, 0.1) is 0 Å². The van der Waals surface area contributed by atoms with Crippen LogP contribution in [0.2, 0.25) is 0 Å². The van der Waals surface area contributed by atoms with Crippen LogP contribution in [-0.4, -0.2) is 30.8 Å². The van der Waals surface area contributed by atoms with Crippen LogP contribution in [0.4, 0.5) is 0 Å². The fraction of sp³-hybridized carbons (Fsp3) is 0.500. The first kappa shape index (κ1) is 5.08. The van der Waals surface area contributed by atoms with Crippen molar-refractivity contribution in [1.82, 2.24) is 5.01 Å². The van der Waals surface area contributed by atoms with Crippen molar-refractivity contribution in [2.45, 2.75) is 0 Å². The molecule has 2 N–H and O–H groups in total. The number of rotatable bonds is 0. The molecule has 0 fully saturated rings. The van der Waals surface area contributed by atoms with Crippen LogP contribution in [0.15, 0.2) is 10.1 Å². The van der Waals surface area contributed by atoms with Gasteiger partial charge in [-0.2, -0.15) is 5.10 Å². The first-order valence-corrected chi connectivity index (χ1v) is 2.37. The Bertz CT molecular complexity index is 137. The summed E-state index contributed by atoms with van der Waals surface area (Å²) in [6, 6.07) is 0. The van der Waals surface area contributed by atoms with Crippen molar-refractivity contribution in [3.63, 3.8) is 0 Å². The van der Waals surface area contributed by atoms with E-state index in [4.69, 9.17) is 5.73 Å². The summed E-state index contributed by atoms with van der Waals surface area (Å²) in [4.78, 5) is 3.88. The van der Waals surface area contributed by atoms with Crippen molar-refractivity contribution in [3.05, 3.63) is 0 Å². The Balaban J connectivity index is 2.63. The van der Waals surface area contributed by atoms with Crippen LogP contribution in [0.5, 0.6) is 0 Å². The highest BCUT2D eigenvalue weighted by Gasteiger charge is 1.99. The van der Waals surface area contributed by atoms with E-state index in [1.54, 1.807) is 13.3 Å². The van der Waals surface area contributed by atoms with Gasteiger partial charge in [-0.15, -0.1) is 0 Å². The Morgan fingerprint density at radius 2 is 2.62 bits per heavy atom. The summed E-state index contributed by atoms with van der Waals surface area (Å²) in [5.41, 5.74) is 5.34. The van der Waals surface area contributed by atoms with Gasteiger partial charge in [0.05, 0.1) is 6.54 Å². The molecule has 1 rings (SSSR count). The van der Waals surface area contributed by atoms with Crippen molar-refractivity contribution in [2.75, 3.05) is 13.6 Å². The molecule has 1 aliphatic heterocycles. The molecule has 0 bridgehead atoms. The molecule has 0 spiro atoms. The second-order valence-electron chi connectivity index (χ2n) is 1.52. The molecule has 0 saturated heterocycles. The predicted molar refractivity (Wildman–Crippen MR) is 32.7 cm³/mol. The molecule has 0 atom stereocenters. The largest absolute Gasteiger partial charge is 0.368 e. The monoisotopic (exact) mass is 112 g/mol. The minimum absolute atomic E-state index is 0.479. The predicted octanol–water partition coefficient (Wildman–Crippen LogP) is -0.768. The number of hydrazone groups is 1. The Morgan fingerprint density at radius 1 is 1.88 bits per heavy atom. The topological polar surface area (TPSA) is 54.0 Å². The molecule has 0 aromatic rings. The SMILES string of the molecule is CN1N=CCN=C1N. The van der Waals surface area contributed by atoms with Gasteiger partial charge in [-0.25, -0.2) is 10.0 Å². The summed E-state index contributed by atoms with van der Waals surface area (Å²) in [5, 5.41) is 5.39. The van der Waals surface area contributed by atoms with E-state index in [0.29, 0.717) is 12.5 Å². The normalized spacial score (nSPS) is 18.6. The zero-order valence-electron chi connectivity index (χ0n) is 4.70. The van der Waals surface area contributed by atoms with Crippen LogP contribution >= 0.6 is 0 Å². The van der Waals surface area contributed by atoms with Crippen molar-refractivity contribution in [3.8, 4) is 0 Å². The van der Waals surface area contributed by atoms with E-state index in [-0.39, 0.29) is 0 Å². The van der Waals surface area contributed by atoms with Gasteiger partial charge >= 0.3 is 0 Å². The summed E-state index contributed by atoms with van der Waals surface area (Å²) in [5.74, 6) is 0.479. The molecule has 0 unspecified atom stereocenters. The number of hydrogen-bond donors (Lipinski definition) is 1. The van der Waals surface area contributed by atoms with Gasteiger partial charge in [0.2, 0.25) is 5.96 Å². The minimum atomic E-state index is 0.479. The van der Waals surface area contributed by atoms with Crippen molar-refractivity contribution in [2.24, 2.45) is 15.8 Å². The maximum atomic E-state index is 5.34. The smallest absolute Gasteiger partial charge is 0.212 e. The van der Waals surface area contributed by atoms with Crippen molar-refractivity contribution < 1.29 is 0 Å². The molecular formula is C4H8N4. The van der Waals surface area contributed by atoms with E-state index >= 15 is 0 Å². The summed E-state index contributed by atoms with van der Waals surface area (Å²) in [6.07, 6.45) is 1.70. The Labute approximate surface area is 47.7 Å². The molecule has 8 heavy (non-hydrogen) atoms. The molecule has 0 saturated carbocycles. The van der Waals surface area contributed by atoms with E-state index in [1.807, 2.05) is 0 Å². The van der Waals surface area contributed by atoms with Gasteiger partial charge in [0, 0.05) is 13.3 Å². The maximum absolute atomic E-state index is 5.34. The quantitative estimate of drug-likeness (QED) is 0.447. The van der Waals surface area contributed by atoms with Gasteiger partial charge in [-0.1, -0.05) is 0 Å². The summed E-state index contributed by atoms with van der Waals surface area (Å²) < 4.78 is 0. The average molecular weight is 112 g/mol. The summed E-state index contributed by atoms with van der Waals surface area (Å²) in [7, 11) is 1.76. The third-order valence-corrected chi connectivity index (χ3v) is 0.921. The van der Waals surface area contributed by atoms with Crippen LogP contribution in [-0.2, 0) is 0 Å². The molecule has 0 aliphatic carbocycles. The Morgan fingerprint density at radius 3 is 3.00 bits per heavy atom. The van der Waals surface area contributed by atoms with Gasteiger partial charge in [-0.05, 0) is 0 Å². The zero-order valence-corrected chi connectivity index (χ0v) is 4.70. The molecule has 1 aliphatic rings. The van der Waals surface area contributed by atoms with E-state index in [0.717, 1.165) is 0 Å². The van der Waals surface area contributed by atoms with Gasteiger partial charge in [-0.3, -0.25) is 0 Å². The molecule has 44 valence electrons. The lowest BCUT2D eigenvalue weighted by Crippen LogP contribution is -2.32. The molecule has 0 aromatic heterocycles. The van der Waals surface area contributed by atoms with Crippen LogP contribution in [0.3, 0.4) is 0 Å². The number of nitrogens with zero attached hydrogens (tertiary/aromatic N) is 3. The number of nitrogens with two attached hydrogens (primary N) is 1. The van der Waals surface area contributed by atoms with E-state index < -0.39 is 0 Å². The molecule has 4 heteroatoms. The fourth-order valence-electron chi connectivity index (χ4n) is 0.455. The Kier molecular flexibility index (Phi) is 1.15. The maximum Gasteiger partial charge on any atom is 0.212 e. The van der Waals surface area contributed by atoms with E-state index in [9.17, 15) is 0 Å². The highest BCUT2D eigenvalue weighted by molar-refractivity contribution is 5.82. The average Bonchev–Trinajstić information content (AvgIpc) is 1.77. The molecule has 4 nitrogen and oxygen atoms in total. The van der Waals surface area contributed by atoms with Gasteiger partial charge in [0.15, 0.2) is 0 Å². The molecule has 0 aromatic carbocycles. The number of aliphatic imine (C=N–C) groups is 1. The van der Waals surface area contributed by atoms with Crippen LogP contribution in [0.1, 0.15) is 0 Å². The standard InChI is InChI=1S/C4H8N4/c1-8-4(5)6-2-3-7-8/h3H,2H2,1H3,(H2,5,6). The number of hydrogen-bond acceptors (Lipinski definition) is 4. The third-order valence-electron chi connectivity index (χ3n) is 0.921. The molecule has 0 amide bonds. The van der Waals surface area contributed by atoms with Crippen molar-refractivity contribution in [1.29, 1.82) is 0 Å². The lowest BCUT2D eigenvalue weighted by molar-refractivity contribution is 0.530. The minimum Gasteiger partial charge on any atom is -0.368 e. The summed E-state index contributed by atoms with van der Waals surface area (Å²) >= 11 is 0. The van der Waals surface area contributed by atoms with Gasteiger partial charge in [0.1, 0.15) is 0 Å². The highest BCUT2D eigenvalue weighted by Crippen LogP contribution is 1.86. The lowest BCUT2D eigenvalue weighted by atomic mass is 10.7. The molecule has 1 heterocycles. The van der Waals surface area contributed by atoms with Crippen LogP contribution < -0.4 is 5.73 Å². The fourth-order valence-corrected chi connectivity index (χ4v) is 0.455. The van der Waals surface area contributed by atoms with E-state index in [2.05, 4.69) is 10.1 Å². The van der Waals surface area contributed by atoms with Gasteiger partial charge in [0.25, 0.3) is 0 Å². The summed E-state index contributed by atoms with van der Waals surface area (Å²) in [6.45, 7) is 0.607. The highest BCUT2D eigenvalue weighted by atomic mass is 15.5. The number of guanidine groups is 1. The first-order valence-electron chi connectivity index (χ1n) is 2.37. The first-order chi connectivity index (χ1) is 3.80.